The topological polar surface area (TPSA) is 35.8 Å². The van der Waals surface area contributed by atoms with Gasteiger partial charge >= 0.3 is 0 Å². The van der Waals surface area contributed by atoms with Gasteiger partial charge in [0.15, 0.2) is 0 Å². The molecule has 1 N–H and O–H groups in total. The highest BCUT2D eigenvalue weighted by Crippen LogP contribution is 2.39. The number of nitrogens with zero attached hydrogens (tertiary/aromatic N) is 1. The molecule has 1 aromatic rings. The molecule has 1 saturated carbocycles. The molecule has 0 amide bonds. The fraction of sp³-hybridized carbons (Fsp3) is 0.500. The molecule has 0 aromatic heterocycles. The fourth-order valence-corrected chi connectivity index (χ4v) is 2.67. The number of nitrogens with one attached hydrogen (secondary N) is 1. The normalized spacial score (nSPS) is 17.2. The summed E-state index contributed by atoms with van der Waals surface area (Å²) < 4.78 is 1.17. The van der Waals surface area contributed by atoms with E-state index >= 15 is 0 Å². The zero-order valence-corrected chi connectivity index (χ0v) is 11.5. The van der Waals surface area contributed by atoms with Gasteiger partial charge in [0.25, 0.3) is 0 Å². The molecule has 2 rings (SSSR count). The Bertz CT molecular complexity index is 418. The van der Waals surface area contributed by atoms with Crippen LogP contribution in [0.1, 0.15) is 24.8 Å². The van der Waals surface area contributed by atoms with Crippen molar-refractivity contribution in [1.29, 1.82) is 5.26 Å². The average Bonchev–Trinajstić information content (AvgIpc) is 2.29. The lowest BCUT2D eigenvalue weighted by atomic mass is 9.70. The van der Waals surface area contributed by atoms with Crippen molar-refractivity contribution in [3.8, 4) is 6.07 Å². The summed E-state index contributed by atoms with van der Waals surface area (Å²) in [7, 11) is 0. The van der Waals surface area contributed by atoms with Crippen LogP contribution in [0.4, 0.5) is 0 Å². The summed E-state index contributed by atoms with van der Waals surface area (Å²) in [6, 6.07) is 10.7. The van der Waals surface area contributed by atoms with Crippen molar-refractivity contribution in [1.82, 2.24) is 5.32 Å². The Morgan fingerprint density at radius 1 is 1.35 bits per heavy atom. The summed E-state index contributed by atoms with van der Waals surface area (Å²) in [5.74, 6) is 0. The van der Waals surface area contributed by atoms with Crippen molar-refractivity contribution < 1.29 is 0 Å². The van der Waals surface area contributed by atoms with E-state index in [0.717, 1.165) is 32.4 Å². The molecule has 0 aliphatic heterocycles. The van der Waals surface area contributed by atoms with Crippen molar-refractivity contribution in [3.63, 3.8) is 0 Å². The van der Waals surface area contributed by atoms with Gasteiger partial charge in [-0.1, -0.05) is 40.5 Å². The molecular weight excluding hydrogens is 276 g/mol. The van der Waals surface area contributed by atoms with E-state index in [0.29, 0.717) is 0 Å². The molecule has 0 radical (unpaired) electrons. The molecule has 1 aromatic carbocycles. The van der Waals surface area contributed by atoms with Crippen molar-refractivity contribution in [2.45, 2.75) is 25.7 Å². The SMILES string of the molecule is N#CC1(CNCCc2ccccc2Br)CCC1. The van der Waals surface area contributed by atoms with E-state index in [1.54, 1.807) is 0 Å². The molecule has 1 fully saturated rings. The van der Waals surface area contributed by atoms with E-state index in [9.17, 15) is 0 Å². The third kappa shape index (κ3) is 3.08. The predicted octanol–water partition coefficient (Wildman–Crippen LogP) is 3.28. The van der Waals surface area contributed by atoms with E-state index in [4.69, 9.17) is 5.26 Å². The quantitative estimate of drug-likeness (QED) is 0.846. The van der Waals surface area contributed by atoms with Crippen molar-refractivity contribution in [3.05, 3.63) is 34.3 Å². The maximum atomic E-state index is 9.10. The summed E-state index contributed by atoms with van der Waals surface area (Å²) >= 11 is 3.55. The van der Waals surface area contributed by atoms with Gasteiger partial charge in [0.05, 0.1) is 11.5 Å². The highest BCUT2D eigenvalue weighted by molar-refractivity contribution is 9.10. The smallest absolute Gasteiger partial charge is 0.0703 e. The minimum absolute atomic E-state index is 0.0616. The Labute approximate surface area is 111 Å². The van der Waals surface area contributed by atoms with E-state index in [2.05, 4.69) is 45.5 Å². The number of rotatable bonds is 5. The van der Waals surface area contributed by atoms with Crippen LogP contribution in [0.2, 0.25) is 0 Å². The molecule has 1 aliphatic rings. The molecule has 0 spiro atoms. The third-order valence-corrected chi connectivity index (χ3v) is 4.31. The molecular formula is C14H17BrN2. The van der Waals surface area contributed by atoms with Crippen LogP contribution in [0.5, 0.6) is 0 Å². The molecule has 1 aliphatic carbocycles. The van der Waals surface area contributed by atoms with Crippen molar-refractivity contribution >= 4 is 15.9 Å². The molecule has 2 nitrogen and oxygen atoms in total. The Morgan fingerprint density at radius 3 is 2.71 bits per heavy atom. The molecule has 0 heterocycles. The third-order valence-electron chi connectivity index (χ3n) is 3.54. The summed E-state index contributed by atoms with van der Waals surface area (Å²) in [4.78, 5) is 0. The number of benzene rings is 1. The van der Waals surface area contributed by atoms with Gasteiger partial charge in [-0.25, -0.2) is 0 Å². The van der Waals surface area contributed by atoms with Gasteiger partial charge in [-0.3, -0.25) is 0 Å². The maximum absolute atomic E-state index is 9.10. The van der Waals surface area contributed by atoms with Crippen LogP contribution in [0.3, 0.4) is 0 Å². The monoisotopic (exact) mass is 292 g/mol. The predicted molar refractivity (Wildman–Crippen MR) is 72.6 cm³/mol. The molecule has 90 valence electrons. The van der Waals surface area contributed by atoms with Gasteiger partial charge in [0.2, 0.25) is 0 Å². The first-order valence-corrected chi connectivity index (χ1v) is 6.90. The number of hydrogen-bond acceptors (Lipinski definition) is 2. The molecule has 0 bridgehead atoms. The van der Waals surface area contributed by atoms with E-state index < -0.39 is 0 Å². The summed E-state index contributed by atoms with van der Waals surface area (Å²) in [6.07, 6.45) is 4.33. The molecule has 0 unspecified atom stereocenters. The van der Waals surface area contributed by atoms with Gasteiger partial charge in [-0.2, -0.15) is 5.26 Å². The Kier molecular flexibility index (Phi) is 4.20. The summed E-state index contributed by atoms with van der Waals surface area (Å²) in [6.45, 7) is 1.78. The van der Waals surface area contributed by atoms with Gasteiger partial charge < -0.3 is 5.32 Å². The lowest BCUT2D eigenvalue weighted by molar-refractivity contribution is 0.208. The van der Waals surface area contributed by atoms with Crippen LogP contribution in [0.15, 0.2) is 28.7 Å². The minimum atomic E-state index is -0.0616. The molecule has 3 heteroatoms. The van der Waals surface area contributed by atoms with E-state index in [-0.39, 0.29) is 5.41 Å². The largest absolute Gasteiger partial charge is 0.315 e. The molecule has 0 saturated heterocycles. The van der Waals surface area contributed by atoms with E-state index in [1.807, 2.05) is 6.07 Å². The van der Waals surface area contributed by atoms with Gasteiger partial charge in [-0.05, 0) is 37.4 Å². The number of halogens is 1. The first-order valence-electron chi connectivity index (χ1n) is 6.11. The zero-order chi connectivity index (χ0) is 12.1. The highest BCUT2D eigenvalue weighted by Gasteiger charge is 2.36. The molecule has 17 heavy (non-hydrogen) atoms. The van der Waals surface area contributed by atoms with Crippen molar-refractivity contribution in [2.75, 3.05) is 13.1 Å². The Balaban J connectivity index is 1.74. The lowest BCUT2D eigenvalue weighted by Gasteiger charge is -2.35. The van der Waals surface area contributed by atoms with Gasteiger partial charge in [0.1, 0.15) is 0 Å². The number of nitriles is 1. The summed E-state index contributed by atoms with van der Waals surface area (Å²) in [5, 5.41) is 12.5. The standard InChI is InChI=1S/C14H17BrN2/c15-13-5-2-1-4-12(13)6-9-17-11-14(10-16)7-3-8-14/h1-2,4-5,17H,3,6-9,11H2. The van der Waals surface area contributed by atoms with Crippen LogP contribution in [0, 0.1) is 16.7 Å². The summed E-state index contributed by atoms with van der Waals surface area (Å²) in [5.41, 5.74) is 1.26. The Hall–Kier alpha value is -0.850. The highest BCUT2D eigenvalue weighted by atomic mass is 79.9. The number of hydrogen-bond donors (Lipinski definition) is 1. The second-order valence-electron chi connectivity index (χ2n) is 4.76. The minimum Gasteiger partial charge on any atom is -0.315 e. The van der Waals surface area contributed by atoms with Crippen LogP contribution < -0.4 is 5.32 Å². The zero-order valence-electron chi connectivity index (χ0n) is 9.88. The van der Waals surface area contributed by atoms with Crippen LogP contribution in [0.25, 0.3) is 0 Å². The van der Waals surface area contributed by atoms with Gasteiger partial charge in [0, 0.05) is 11.0 Å². The van der Waals surface area contributed by atoms with E-state index in [1.165, 1.54) is 16.5 Å². The lowest BCUT2D eigenvalue weighted by Crippen LogP contribution is -2.39. The second-order valence-corrected chi connectivity index (χ2v) is 5.62. The Morgan fingerprint density at radius 2 is 2.12 bits per heavy atom. The maximum Gasteiger partial charge on any atom is 0.0703 e. The first-order chi connectivity index (χ1) is 8.26. The van der Waals surface area contributed by atoms with Crippen LogP contribution in [-0.4, -0.2) is 13.1 Å². The van der Waals surface area contributed by atoms with Gasteiger partial charge in [-0.15, -0.1) is 0 Å². The van der Waals surface area contributed by atoms with Crippen molar-refractivity contribution in [2.24, 2.45) is 5.41 Å². The van der Waals surface area contributed by atoms with Crippen LogP contribution in [-0.2, 0) is 6.42 Å². The van der Waals surface area contributed by atoms with Crippen LogP contribution >= 0.6 is 15.9 Å². The second kappa shape index (κ2) is 5.66. The first kappa shape index (κ1) is 12.6. The average molecular weight is 293 g/mol. The molecule has 0 atom stereocenters. The fourth-order valence-electron chi connectivity index (χ4n) is 2.18.